The van der Waals surface area contributed by atoms with E-state index in [1.54, 1.807) is 14.2 Å². The SMILES string of the molecule is COc1ccc(C[NH+](C)[C@H](C)C(=O)NC23CC4CC(CC(C4)C2)C3)c(OC)c1. The molecule has 0 heterocycles. The number of quaternary nitrogens is 1. The zero-order chi connectivity index (χ0) is 19.9. The summed E-state index contributed by atoms with van der Waals surface area (Å²) in [6.07, 6.45) is 7.78. The third-order valence-electron chi connectivity index (χ3n) is 7.52. The maximum Gasteiger partial charge on any atom is 0.278 e. The van der Waals surface area contributed by atoms with Gasteiger partial charge in [-0.3, -0.25) is 4.79 Å². The van der Waals surface area contributed by atoms with Gasteiger partial charge in [-0.05, 0) is 75.3 Å². The highest BCUT2D eigenvalue weighted by Crippen LogP contribution is 2.55. The molecule has 1 amide bonds. The lowest BCUT2D eigenvalue weighted by Gasteiger charge is -2.57. The summed E-state index contributed by atoms with van der Waals surface area (Å²) in [5.41, 5.74) is 1.17. The molecule has 4 saturated carbocycles. The van der Waals surface area contributed by atoms with Gasteiger partial charge in [-0.2, -0.15) is 0 Å². The maximum absolute atomic E-state index is 13.1. The Morgan fingerprint density at radius 2 is 1.75 bits per heavy atom. The largest absolute Gasteiger partial charge is 0.497 e. The Hall–Kier alpha value is -1.75. The van der Waals surface area contributed by atoms with E-state index in [1.165, 1.54) is 43.4 Å². The number of nitrogens with one attached hydrogen (secondary N) is 2. The molecule has 2 N–H and O–H groups in total. The van der Waals surface area contributed by atoms with Crippen LogP contribution < -0.4 is 19.7 Å². The van der Waals surface area contributed by atoms with E-state index < -0.39 is 0 Å². The number of amides is 1. The second kappa shape index (κ2) is 7.58. The normalized spacial score (nSPS) is 32.6. The first-order chi connectivity index (χ1) is 13.4. The second-order valence-electron chi connectivity index (χ2n) is 9.61. The molecule has 4 fully saturated rings. The van der Waals surface area contributed by atoms with Crippen LogP contribution in [0.15, 0.2) is 18.2 Å². The van der Waals surface area contributed by atoms with Crippen molar-refractivity contribution < 1.29 is 19.2 Å². The number of likely N-dealkylation sites (N-methyl/N-ethyl adjacent to an activating group) is 1. The topological polar surface area (TPSA) is 52.0 Å². The Labute approximate surface area is 168 Å². The Morgan fingerprint density at radius 3 is 2.29 bits per heavy atom. The molecule has 1 aromatic carbocycles. The minimum Gasteiger partial charge on any atom is -0.497 e. The number of hydrogen-bond donors (Lipinski definition) is 2. The van der Waals surface area contributed by atoms with E-state index in [9.17, 15) is 4.79 Å². The fourth-order valence-corrected chi connectivity index (χ4v) is 6.31. The predicted molar refractivity (Wildman–Crippen MR) is 109 cm³/mol. The fourth-order valence-electron chi connectivity index (χ4n) is 6.31. The lowest BCUT2D eigenvalue weighted by atomic mass is 9.53. The number of methoxy groups -OCH3 is 2. The van der Waals surface area contributed by atoms with Crippen LogP contribution >= 0.6 is 0 Å². The summed E-state index contributed by atoms with van der Waals surface area (Å²) in [5, 5.41) is 3.53. The van der Waals surface area contributed by atoms with Crippen LogP contribution in [0.1, 0.15) is 51.0 Å². The van der Waals surface area contributed by atoms with Crippen molar-refractivity contribution in [2.24, 2.45) is 17.8 Å². The summed E-state index contributed by atoms with van der Waals surface area (Å²) < 4.78 is 10.8. The third kappa shape index (κ3) is 3.73. The van der Waals surface area contributed by atoms with Crippen molar-refractivity contribution in [3.63, 3.8) is 0 Å². The van der Waals surface area contributed by atoms with Gasteiger partial charge in [0, 0.05) is 17.2 Å². The molecule has 5 heteroatoms. The number of benzene rings is 1. The van der Waals surface area contributed by atoms with Crippen LogP contribution in [-0.4, -0.2) is 38.8 Å². The lowest BCUT2D eigenvalue weighted by molar-refractivity contribution is -0.908. The van der Waals surface area contributed by atoms with Gasteiger partial charge in [0.25, 0.3) is 5.91 Å². The molecule has 0 radical (unpaired) electrons. The molecule has 4 aliphatic carbocycles. The minimum absolute atomic E-state index is 0.0815. The third-order valence-corrected chi connectivity index (χ3v) is 7.52. The van der Waals surface area contributed by atoms with Crippen molar-refractivity contribution in [2.75, 3.05) is 21.3 Å². The molecule has 4 aliphatic rings. The number of carbonyl (C=O) groups excluding carboxylic acids is 1. The highest BCUT2D eigenvalue weighted by molar-refractivity contribution is 5.80. The minimum atomic E-state index is -0.0974. The van der Waals surface area contributed by atoms with Gasteiger partial charge < -0.3 is 19.7 Å². The molecule has 4 bridgehead atoms. The molecule has 5 nitrogen and oxygen atoms in total. The molecule has 0 aliphatic heterocycles. The van der Waals surface area contributed by atoms with Crippen LogP contribution in [-0.2, 0) is 11.3 Å². The Kier molecular flexibility index (Phi) is 5.30. The molecule has 2 atom stereocenters. The van der Waals surface area contributed by atoms with Gasteiger partial charge in [-0.25, -0.2) is 0 Å². The summed E-state index contributed by atoms with van der Waals surface area (Å²) >= 11 is 0. The smallest absolute Gasteiger partial charge is 0.278 e. The quantitative estimate of drug-likeness (QED) is 0.754. The van der Waals surface area contributed by atoms with Crippen molar-refractivity contribution in [2.45, 2.75) is 63.6 Å². The van der Waals surface area contributed by atoms with Gasteiger partial charge in [0.05, 0.1) is 21.3 Å². The van der Waals surface area contributed by atoms with E-state index in [2.05, 4.69) is 12.4 Å². The first kappa shape index (κ1) is 19.6. The maximum atomic E-state index is 13.1. The van der Waals surface area contributed by atoms with E-state index in [-0.39, 0.29) is 17.5 Å². The summed E-state index contributed by atoms with van der Waals surface area (Å²) in [6.45, 7) is 2.78. The summed E-state index contributed by atoms with van der Waals surface area (Å²) in [7, 11) is 5.42. The number of rotatable bonds is 7. The molecule has 154 valence electrons. The van der Waals surface area contributed by atoms with Crippen molar-refractivity contribution in [1.82, 2.24) is 5.32 Å². The zero-order valence-corrected chi connectivity index (χ0v) is 17.7. The number of ether oxygens (including phenoxy) is 2. The summed E-state index contributed by atoms with van der Waals surface area (Å²) in [5.74, 6) is 4.33. The van der Waals surface area contributed by atoms with Gasteiger partial charge in [0.15, 0.2) is 6.04 Å². The van der Waals surface area contributed by atoms with Gasteiger partial charge in [0.1, 0.15) is 18.0 Å². The molecular formula is C23H35N2O3+. The molecule has 1 unspecified atom stereocenters. The first-order valence-corrected chi connectivity index (χ1v) is 10.8. The first-order valence-electron chi connectivity index (χ1n) is 10.8. The number of carbonyl (C=O) groups is 1. The molecule has 0 spiro atoms. The summed E-state index contributed by atoms with van der Waals surface area (Å²) in [6, 6.07) is 5.79. The average molecular weight is 388 g/mol. The highest BCUT2D eigenvalue weighted by atomic mass is 16.5. The fraction of sp³-hybridized carbons (Fsp3) is 0.696. The van der Waals surface area contributed by atoms with E-state index >= 15 is 0 Å². The Bertz CT molecular complexity index is 697. The van der Waals surface area contributed by atoms with Gasteiger partial charge in [0.2, 0.25) is 0 Å². The van der Waals surface area contributed by atoms with Crippen LogP contribution in [0.5, 0.6) is 11.5 Å². The highest BCUT2D eigenvalue weighted by Gasteiger charge is 2.52. The van der Waals surface area contributed by atoms with E-state index in [4.69, 9.17) is 9.47 Å². The molecule has 0 aromatic heterocycles. The van der Waals surface area contributed by atoms with Gasteiger partial charge in [-0.1, -0.05) is 0 Å². The predicted octanol–water partition coefficient (Wildman–Crippen LogP) is 2.19. The van der Waals surface area contributed by atoms with Crippen molar-refractivity contribution >= 4 is 5.91 Å². The monoisotopic (exact) mass is 387 g/mol. The number of hydrogen-bond acceptors (Lipinski definition) is 3. The van der Waals surface area contributed by atoms with E-state index in [0.29, 0.717) is 0 Å². The van der Waals surface area contributed by atoms with E-state index in [0.717, 1.165) is 41.4 Å². The molecule has 5 rings (SSSR count). The average Bonchev–Trinajstić information content (AvgIpc) is 2.66. The van der Waals surface area contributed by atoms with Gasteiger partial charge in [-0.15, -0.1) is 0 Å². The van der Waals surface area contributed by atoms with Crippen LogP contribution in [0.4, 0.5) is 0 Å². The lowest BCUT2D eigenvalue weighted by Crippen LogP contribution is -3.12. The van der Waals surface area contributed by atoms with Crippen molar-refractivity contribution in [3.05, 3.63) is 23.8 Å². The molecule has 0 saturated heterocycles. The van der Waals surface area contributed by atoms with Gasteiger partial charge >= 0.3 is 0 Å². The molecule has 28 heavy (non-hydrogen) atoms. The summed E-state index contributed by atoms with van der Waals surface area (Å²) in [4.78, 5) is 14.3. The van der Waals surface area contributed by atoms with E-state index in [1.807, 2.05) is 25.1 Å². The van der Waals surface area contributed by atoms with Crippen LogP contribution in [0.25, 0.3) is 0 Å². The van der Waals surface area contributed by atoms with Crippen LogP contribution in [0, 0.1) is 17.8 Å². The van der Waals surface area contributed by atoms with Crippen molar-refractivity contribution in [3.8, 4) is 11.5 Å². The van der Waals surface area contributed by atoms with Crippen molar-refractivity contribution in [1.29, 1.82) is 0 Å². The van der Waals surface area contributed by atoms with Crippen LogP contribution in [0.3, 0.4) is 0 Å². The Morgan fingerprint density at radius 1 is 1.14 bits per heavy atom. The standard InChI is InChI=1S/C23H34N2O3/c1-15(25(2)14-19-5-6-20(27-3)10-21(19)28-4)22(26)24-23-11-16-7-17(12-23)9-18(8-16)13-23/h5-6,10,15-18H,7-9,11-14H2,1-4H3,(H,24,26)/p+1/t15-,16?,17?,18?,23?/m1/s1. The van der Waals surface area contributed by atoms with Crippen LogP contribution in [0.2, 0.25) is 0 Å². The molecule has 1 aromatic rings. The second-order valence-corrected chi connectivity index (χ2v) is 9.61. The zero-order valence-electron chi connectivity index (χ0n) is 17.7. The Balaban J connectivity index is 1.40. The molecular weight excluding hydrogens is 352 g/mol.